The van der Waals surface area contributed by atoms with E-state index in [4.69, 9.17) is 4.74 Å². The monoisotopic (exact) mass is 349 g/mol. The molecule has 1 amide bonds. The van der Waals surface area contributed by atoms with Crippen molar-refractivity contribution in [3.8, 4) is 0 Å². The minimum atomic E-state index is -0.850. The van der Waals surface area contributed by atoms with Crippen LogP contribution in [0.5, 0.6) is 0 Å². The van der Waals surface area contributed by atoms with Gasteiger partial charge in [-0.1, -0.05) is 36.4 Å². The quantitative estimate of drug-likeness (QED) is 0.770. The number of ether oxygens (including phenoxy) is 1. The molecule has 1 aliphatic heterocycles. The third kappa shape index (κ3) is 2.99. The number of imidazole rings is 1. The first-order chi connectivity index (χ1) is 12.7. The molecule has 1 saturated heterocycles. The van der Waals surface area contributed by atoms with Crippen molar-refractivity contribution in [2.24, 2.45) is 0 Å². The Bertz CT molecular complexity index is 911. The Morgan fingerprint density at radius 2 is 2.12 bits per heavy atom. The van der Waals surface area contributed by atoms with Gasteiger partial charge in [-0.2, -0.15) is 0 Å². The van der Waals surface area contributed by atoms with Gasteiger partial charge in [-0.3, -0.25) is 4.79 Å². The van der Waals surface area contributed by atoms with E-state index in [9.17, 15) is 4.79 Å². The number of nitrogens with one attached hydrogen (secondary N) is 1. The Morgan fingerprint density at radius 3 is 2.85 bits per heavy atom. The van der Waals surface area contributed by atoms with Gasteiger partial charge in [-0.15, -0.1) is 0 Å². The average Bonchev–Trinajstić information content (AvgIpc) is 3.31. The summed E-state index contributed by atoms with van der Waals surface area (Å²) in [6, 6.07) is 13.8. The van der Waals surface area contributed by atoms with Crippen molar-refractivity contribution in [1.82, 2.24) is 14.7 Å². The molecule has 0 spiro atoms. The fourth-order valence-electron chi connectivity index (χ4n) is 3.66. The molecule has 3 heterocycles. The number of carbonyl (C=O) groups excluding carboxylic acids is 1. The lowest BCUT2D eigenvalue weighted by atomic mass is 9.90. The molecule has 1 fully saturated rings. The summed E-state index contributed by atoms with van der Waals surface area (Å²) in [5, 5.41) is 3.06. The van der Waals surface area contributed by atoms with Crippen LogP contribution in [-0.2, 0) is 21.6 Å². The van der Waals surface area contributed by atoms with E-state index in [1.54, 1.807) is 0 Å². The summed E-state index contributed by atoms with van der Waals surface area (Å²) in [4.78, 5) is 17.6. The number of hydrogen-bond donors (Lipinski definition) is 1. The average molecular weight is 349 g/mol. The van der Waals surface area contributed by atoms with Gasteiger partial charge in [-0.05, 0) is 37.0 Å². The molecular weight excluding hydrogens is 326 g/mol. The van der Waals surface area contributed by atoms with Crippen LogP contribution in [0.15, 0.2) is 54.9 Å². The maximum absolute atomic E-state index is 12.9. The van der Waals surface area contributed by atoms with Gasteiger partial charge in [0.15, 0.2) is 5.60 Å². The second-order valence-electron chi connectivity index (χ2n) is 6.81. The molecule has 0 aliphatic carbocycles. The molecule has 26 heavy (non-hydrogen) atoms. The molecule has 1 aromatic carbocycles. The second-order valence-corrected chi connectivity index (χ2v) is 6.81. The van der Waals surface area contributed by atoms with Crippen molar-refractivity contribution in [1.29, 1.82) is 0 Å². The lowest BCUT2D eigenvalue weighted by Gasteiger charge is -2.27. The van der Waals surface area contributed by atoms with Crippen molar-refractivity contribution >= 4 is 11.6 Å². The first-order valence-corrected chi connectivity index (χ1v) is 9.10. The van der Waals surface area contributed by atoms with Gasteiger partial charge < -0.3 is 14.5 Å². The lowest BCUT2D eigenvalue weighted by Crippen LogP contribution is -2.44. The normalized spacial score (nSPS) is 19.7. The summed E-state index contributed by atoms with van der Waals surface area (Å²) < 4.78 is 7.95. The number of hydrogen-bond acceptors (Lipinski definition) is 3. The van der Waals surface area contributed by atoms with Crippen LogP contribution in [0.4, 0.5) is 0 Å². The van der Waals surface area contributed by atoms with Gasteiger partial charge in [0, 0.05) is 32.0 Å². The van der Waals surface area contributed by atoms with E-state index in [2.05, 4.69) is 23.3 Å². The van der Waals surface area contributed by atoms with E-state index in [0.717, 1.165) is 35.3 Å². The van der Waals surface area contributed by atoms with Crippen LogP contribution < -0.4 is 5.32 Å². The van der Waals surface area contributed by atoms with Crippen LogP contribution in [-0.4, -0.2) is 28.4 Å². The Balaban J connectivity index is 1.45. The summed E-state index contributed by atoms with van der Waals surface area (Å²) in [6.07, 6.45) is 6.32. The molecule has 5 heteroatoms. The van der Waals surface area contributed by atoms with Crippen molar-refractivity contribution in [3.05, 3.63) is 71.7 Å². The van der Waals surface area contributed by atoms with Gasteiger partial charge in [0.2, 0.25) is 0 Å². The highest BCUT2D eigenvalue weighted by Gasteiger charge is 2.44. The first kappa shape index (κ1) is 16.8. The highest BCUT2D eigenvalue weighted by Crippen LogP contribution is 2.36. The number of pyridine rings is 1. The predicted molar refractivity (Wildman–Crippen MR) is 99.9 cm³/mol. The van der Waals surface area contributed by atoms with Crippen LogP contribution in [0.25, 0.3) is 5.65 Å². The van der Waals surface area contributed by atoms with Crippen LogP contribution in [0.1, 0.15) is 29.7 Å². The van der Waals surface area contributed by atoms with E-state index < -0.39 is 5.60 Å². The lowest BCUT2D eigenvalue weighted by molar-refractivity contribution is -0.142. The molecule has 0 saturated carbocycles. The van der Waals surface area contributed by atoms with Crippen LogP contribution in [0.3, 0.4) is 0 Å². The summed E-state index contributed by atoms with van der Waals surface area (Å²) in [5.74, 6) is -0.0545. The maximum atomic E-state index is 12.9. The molecule has 134 valence electrons. The van der Waals surface area contributed by atoms with Crippen LogP contribution >= 0.6 is 0 Å². The minimum absolute atomic E-state index is 0.0545. The van der Waals surface area contributed by atoms with E-state index in [0.29, 0.717) is 19.6 Å². The maximum Gasteiger partial charge on any atom is 0.256 e. The number of aromatic nitrogens is 2. The Labute approximate surface area is 153 Å². The standard InChI is InChI=1S/C21H23N3O2/c1-16-7-5-13-24-15-18(23-19(16)24)10-12-22-20(25)21(11-6-14-26-21)17-8-3-2-4-9-17/h2-5,7-9,13,15H,6,10-12,14H2,1H3,(H,22,25). The number of amides is 1. The predicted octanol–water partition coefficient (Wildman–Crippen LogP) is 3.01. The molecule has 0 bridgehead atoms. The van der Waals surface area contributed by atoms with Crippen LogP contribution in [0, 0.1) is 6.92 Å². The summed E-state index contributed by atoms with van der Waals surface area (Å²) >= 11 is 0. The van der Waals surface area contributed by atoms with E-state index in [-0.39, 0.29) is 5.91 Å². The van der Waals surface area contributed by atoms with E-state index in [1.807, 2.05) is 53.2 Å². The van der Waals surface area contributed by atoms with Gasteiger partial charge in [0.1, 0.15) is 5.65 Å². The van der Waals surface area contributed by atoms with Gasteiger partial charge in [-0.25, -0.2) is 4.98 Å². The zero-order chi connectivity index (χ0) is 18.0. The molecule has 1 unspecified atom stereocenters. The molecule has 2 aromatic heterocycles. The fourth-order valence-corrected chi connectivity index (χ4v) is 3.66. The summed E-state index contributed by atoms with van der Waals surface area (Å²) in [7, 11) is 0. The zero-order valence-electron chi connectivity index (χ0n) is 14.9. The molecule has 3 aromatic rings. The SMILES string of the molecule is Cc1cccn2cc(CCNC(=O)C3(c4ccccc4)CCCO3)nc12. The molecule has 1 N–H and O–H groups in total. The first-order valence-electron chi connectivity index (χ1n) is 9.10. The molecule has 0 radical (unpaired) electrons. The summed E-state index contributed by atoms with van der Waals surface area (Å²) in [5.41, 5.74) is 3.16. The van der Waals surface area contributed by atoms with E-state index >= 15 is 0 Å². The number of fused-ring (bicyclic) bond motifs is 1. The number of rotatable bonds is 5. The molecule has 5 nitrogen and oxygen atoms in total. The van der Waals surface area contributed by atoms with Gasteiger partial charge in [0.25, 0.3) is 5.91 Å². The zero-order valence-corrected chi connectivity index (χ0v) is 14.9. The number of aryl methyl sites for hydroxylation is 1. The van der Waals surface area contributed by atoms with Gasteiger partial charge in [0.05, 0.1) is 5.69 Å². The Hall–Kier alpha value is -2.66. The number of benzene rings is 1. The highest BCUT2D eigenvalue weighted by atomic mass is 16.5. The molecule has 1 aliphatic rings. The van der Waals surface area contributed by atoms with Gasteiger partial charge >= 0.3 is 0 Å². The van der Waals surface area contributed by atoms with Crippen molar-refractivity contribution in [2.45, 2.75) is 31.8 Å². The molecule has 4 rings (SSSR count). The molecular formula is C21H23N3O2. The van der Waals surface area contributed by atoms with Crippen molar-refractivity contribution < 1.29 is 9.53 Å². The van der Waals surface area contributed by atoms with E-state index in [1.165, 1.54) is 0 Å². The fraction of sp³-hybridized carbons (Fsp3) is 0.333. The van der Waals surface area contributed by atoms with Crippen molar-refractivity contribution in [3.63, 3.8) is 0 Å². The van der Waals surface area contributed by atoms with Crippen LogP contribution in [0.2, 0.25) is 0 Å². The third-order valence-electron chi connectivity index (χ3n) is 5.02. The Kier molecular flexibility index (Phi) is 4.47. The smallest absolute Gasteiger partial charge is 0.256 e. The van der Waals surface area contributed by atoms with Crippen molar-refractivity contribution in [2.75, 3.05) is 13.2 Å². The third-order valence-corrected chi connectivity index (χ3v) is 5.02. The molecule has 1 atom stereocenters. The Morgan fingerprint density at radius 1 is 1.27 bits per heavy atom. The topological polar surface area (TPSA) is 55.6 Å². The highest BCUT2D eigenvalue weighted by molar-refractivity contribution is 5.86. The second kappa shape index (κ2) is 6.92. The largest absolute Gasteiger partial charge is 0.360 e. The number of carbonyl (C=O) groups is 1. The minimum Gasteiger partial charge on any atom is -0.360 e. The summed E-state index contributed by atoms with van der Waals surface area (Å²) in [6.45, 7) is 3.21. The number of nitrogens with zero attached hydrogens (tertiary/aromatic N) is 2.